The van der Waals surface area contributed by atoms with Crippen molar-refractivity contribution in [1.29, 1.82) is 0 Å². The van der Waals surface area contributed by atoms with E-state index in [1.807, 2.05) is 30.3 Å². The van der Waals surface area contributed by atoms with Crippen molar-refractivity contribution in [1.82, 2.24) is 5.32 Å². The normalized spacial score (nSPS) is 11.9. The third-order valence-corrected chi connectivity index (χ3v) is 4.03. The summed E-state index contributed by atoms with van der Waals surface area (Å²) in [7, 11) is 0. The second kappa shape index (κ2) is 7.31. The van der Waals surface area contributed by atoms with Crippen LogP contribution in [0.15, 0.2) is 60.7 Å². The fraction of sp³-hybridized carbons (Fsp3) is 0.100. The van der Waals surface area contributed by atoms with Crippen LogP contribution < -0.4 is 5.32 Å². The van der Waals surface area contributed by atoms with E-state index in [9.17, 15) is 23.5 Å². The molecule has 0 aliphatic carbocycles. The number of benzene rings is 3. The Morgan fingerprint density at radius 3 is 2.31 bits per heavy atom. The molecule has 3 aromatic rings. The van der Waals surface area contributed by atoms with Gasteiger partial charge in [0.1, 0.15) is 17.7 Å². The minimum absolute atomic E-state index is 0.0419. The number of fused-ring (bicyclic) bond motifs is 1. The SMILES string of the molecule is O=C(N[C@H](Cc1cccc2ccccc12)C(=O)O)c1cc(F)cc(F)c1. The molecule has 6 heteroatoms. The fourth-order valence-electron chi connectivity index (χ4n) is 2.82. The molecule has 0 aliphatic rings. The molecule has 0 unspecified atom stereocenters. The van der Waals surface area contributed by atoms with E-state index in [2.05, 4.69) is 5.32 Å². The van der Waals surface area contributed by atoms with Crippen LogP contribution in [0.25, 0.3) is 10.8 Å². The standard InChI is InChI=1S/C20H15F2NO3/c21-15-8-14(9-16(22)11-15)19(24)23-18(20(25)26)10-13-6-3-5-12-4-1-2-7-17(12)13/h1-9,11,18H,10H2,(H,23,24)(H,25,26)/t18-/m1/s1. The van der Waals surface area contributed by atoms with Crippen LogP contribution in [0.2, 0.25) is 0 Å². The van der Waals surface area contributed by atoms with E-state index in [1.165, 1.54) is 0 Å². The molecule has 0 aromatic heterocycles. The molecule has 1 amide bonds. The molecule has 132 valence electrons. The lowest BCUT2D eigenvalue weighted by Crippen LogP contribution is -2.42. The average molecular weight is 355 g/mol. The summed E-state index contributed by atoms with van der Waals surface area (Å²) >= 11 is 0. The van der Waals surface area contributed by atoms with Crippen molar-refractivity contribution in [2.75, 3.05) is 0 Å². The Balaban J connectivity index is 1.85. The Hall–Kier alpha value is -3.28. The minimum atomic E-state index is -1.24. The Labute approximate surface area is 148 Å². The summed E-state index contributed by atoms with van der Waals surface area (Å²) in [5.74, 6) is -3.90. The van der Waals surface area contributed by atoms with Crippen LogP contribution in [-0.2, 0) is 11.2 Å². The van der Waals surface area contributed by atoms with E-state index >= 15 is 0 Å². The van der Waals surface area contributed by atoms with E-state index < -0.39 is 29.6 Å². The number of carbonyl (C=O) groups is 2. The van der Waals surface area contributed by atoms with Crippen LogP contribution in [0, 0.1) is 11.6 Å². The van der Waals surface area contributed by atoms with Gasteiger partial charge in [0, 0.05) is 18.1 Å². The van der Waals surface area contributed by atoms with Gasteiger partial charge in [-0.3, -0.25) is 4.79 Å². The third kappa shape index (κ3) is 3.85. The van der Waals surface area contributed by atoms with Gasteiger partial charge in [0.25, 0.3) is 5.91 Å². The third-order valence-electron chi connectivity index (χ3n) is 4.03. The molecule has 0 spiro atoms. The summed E-state index contributed by atoms with van der Waals surface area (Å²) in [6.45, 7) is 0. The lowest BCUT2D eigenvalue weighted by atomic mass is 9.98. The molecule has 3 rings (SSSR count). The highest BCUT2D eigenvalue weighted by Crippen LogP contribution is 2.20. The molecule has 0 heterocycles. The van der Waals surface area contributed by atoms with E-state index in [0.717, 1.165) is 28.5 Å². The fourth-order valence-corrected chi connectivity index (χ4v) is 2.82. The molecular weight excluding hydrogens is 340 g/mol. The Bertz CT molecular complexity index is 962. The molecule has 0 saturated heterocycles. The van der Waals surface area contributed by atoms with Crippen LogP contribution in [0.3, 0.4) is 0 Å². The first-order valence-corrected chi connectivity index (χ1v) is 7.90. The van der Waals surface area contributed by atoms with Gasteiger partial charge in [-0.05, 0) is 28.5 Å². The van der Waals surface area contributed by atoms with Crippen LogP contribution >= 0.6 is 0 Å². The number of rotatable bonds is 5. The van der Waals surface area contributed by atoms with Gasteiger partial charge in [0.05, 0.1) is 0 Å². The first-order valence-electron chi connectivity index (χ1n) is 7.90. The number of hydrogen-bond acceptors (Lipinski definition) is 2. The number of amides is 1. The van der Waals surface area contributed by atoms with Gasteiger partial charge in [0.2, 0.25) is 0 Å². The molecule has 4 nitrogen and oxygen atoms in total. The van der Waals surface area contributed by atoms with E-state index in [0.29, 0.717) is 6.07 Å². The predicted molar refractivity (Wildman–Crippen MR) is 92.9 cm³/mol. The maximum atomic E-state index is 13.3. The molecule has 0 aliphatic heterocycles. The molecule has 3 aromatic carbocycles. The molecule has 0 saturated carbocycles. The highest BCUT2D eigenvalue weighted by molar-refractivity contribution is 5.97. The van der Waals surface area contributed by atoms with E-state index in [-0.39, 0.29) is 12.0 Å². The molecule has 0 bridgehead atoms. The zero-order valence-corrected chi connectivity index (χ0v) is 13.6. The van der Waals surface area contributed by atoms with Crippen molar-refractivity contribution < 1.29 is 23.5 Å². The number of hydrogen-bond donors (Lipinski definition) is 2. The zero-order valence-electron chi connectivity index (χ0n) is 13.6. The predicted octanol–water partition coefficient (Wildman–Crippen LogP) is 3.54. The maximum Gasteiger partial charge on any atom is 0.326 e. The summed E-state index contributed by atoms with van der Waals surface area (Å²) in [4.78, 5) is 23.8. The van der Waals surface area contributed by atoms with Crippen molar-refractivity contribution in [3.63, 3.8) is 0 Å². The number of carbonyl (C=O) groups excluding carboxylic acids is 1. The summed E-state index contributed by atoms with van der Waals surface area (Å²) in [6.07, 6.45) is 0.0419. The van der Waals surface area contributed by atoms with Crippen LogP contribution in [-0.4, -0.2) is 23.0 Å². The molecule has 26 heavy (non-hydrogen) atoms. The quantitative estimate of drug-likeness (QED) is 0.736. The summed E-state index contributed by atoms with van der Waals surface area (Å²) < 4.78 is 26.5. The topological polar surface area (TPSA) is 66.4 Å². The summed E-state index contributed by atoms with van der Waals surface area (Å²) in [5.41, 5.74) is 0.480. The number of aliphatic carboxylic acids is 1. The smallest absolute Gasteiger partial charge is 0.326 e. The van der Waals surface area contributed by atoms with Crippen LogP contribution in [0.5, 0.6) is 0 Å². The molecular formula is C20H15F2NO3. The second-order valence-corrected chi connectivity index (χ2v) is 5.86. The van der Waals surface area contributed by atoms with Crippen molar-refractivity contribution in [3.05, 3.63) is 83.4 Å². The monoisotopic (exact) mass is 355 g/mol. The van der Waals surface area contributed by atoms with Crippen molar-refractivity contribution in [3.8, 4) is 0 Å². The maximum absolute atomic E-state index is 13.3. The van der Waals surface area contributed by atoms with Gasteiger partial charge >= 0.3 is 5.97 Å². The largest absolute Gasteiger partial charge is 0.480 e. The molecule has 2 N–H and O–H groups in total. The zero-order chi connectivity index (χ0) is 18.7. The van der Waals surface area contributed by atoms with Gasteiger partial charge in [-0.2, -0.15) is 0 Å². The van der Waals surface area contributed by atoms with Crippen molar-refractivity contribution in [2.24, 2.45) is 0 Å². The van der Waals surface area contributed by atoms with E-state index in [4.69, 9.17) is 0 Å². The summed E-state index contributed by atoms with van der Waals surface area (Å²) in [6, 6.07) is 14.1. The lowest BCUT2D eigenvalue weighted by molar-refractivity contribution is -0.139. The molecule has 0 fully saturated rings. The number of nitrogens with one attached hydrogen (secondary N) is 1. The average Bonchev–Trinajstić information content (AvgIpc) is 2.60. The lowest BCUT2D eigenvalue weighted by Gasteiger charge is -2.16. The Morgan fingerprint density at radius 2 is 1.62 bits per heavy atom. The van der Waals surface area contributed by atoms with Gasteiger partial charge in [-0.1, -0.05) is 42.5 Å². The first kappa shape index (κ1) is 17.5. The minimum Gasteiger partial charge on any atom is -0.480 e. The number of halogens is 2. The Kier molecular flexibility index (Phi) is 4.93. The highest BCUT2D eigenvalue weighted by atomic mass is 19.1. The van der Waals surface area contributed by atoms with Crippen LogP contribution in [0.1, 0.15) is 15.9 Å². The second-order valence-electron chi connectivity index (χ2n) is 5.86. The number of carboxylic acids is 1. The molecule has 0 radical (unpaired) electrons. The highest BCUT2D eigenvalue weighted by Gasteiger charge is 2.22. The van der Waals surface area contributed by atoms with Crippen molar-refractivity contribution in [2.45, 2.75) is 12.5 Å². The van der Waals surface area contributed by atoms with Gasteiger partial charge in [-0.15, -0.1) is 0 Å². The van der Waals surface area contributed by atoms with Crippen molar-refractivity contribution >= 4 is 22.6 Å². The number of carboxylic acid groups (broad SMARTS) is 1. The Morgan fingerprint density at radius 1 is 0.962 bits per heavy atom. The van der Waals surface area contributed by atoms with Gasteiger partial charge in [0.15, 0.2) is 0 Å². The van der Waals surface area contributed by atoms with E-state index in [1.54, 1.807) is 12.1 Å². The van der Waals surface area contributed by atoms with Gasteiger partial charge in [-0.25, -0.2) is 13.6 Å². The molecule has 1 atom stereocenters. The first-order chi connectivity index (χ1) is 12.4. The summed E-state index contributed by atoms with van der Waals surface area (Å²) in [5, 5.41) is 13.6. The van der Waals surface area contributed by atoms with Gasteiger partial charge < -0.3 is 10.4 Å². The van der Waals surface area contributed by atoms with Crippen LogP contribution in [0.4, 0.5) is 8.78 Å².